The Morgan fingerprint density at radius 3 is 2.89 bits per heavy atom. The van der Waals surface area contributed by atoms with E-state index in [0.717, 1.165) is 17.7 Å². The molecule has 0 fully saturated rings. The highest BCUT2D eigenvalue weighted by atomic mass is 127. The van der Waals surface area contributed by atoms with Crippen molar-refractivity contribution in [2.24, 2.45) is 4.99 Å². The van der Waals surface area contributed by atoms with Crippen molar-refractivity contribution in [1.82, 2.24) is 20.4 Å². The average Bonchev–Trinajstić information content (AvgIpc) is 3.09. The van der Waals surface area contributed by atoms with Gasteiger partial charge in [-0.15, -0.1) is 24.0 Å². The SMILES string of the molecule is CN=C(NCCn1cc([N+](=O)[O-])cn1)NC1CC(C)(C)Oc2ccccc21.I. The van der Waals surface area contributed by atoms with Crippen molar-refractivity contribution in [2.75, 3.05) is 13.6 Å². The number of hydrogen-bond acceptors (Lipinski definition) is 5. The van der Waals surface area contributed by atoms with E-state index in [1.807, 2.05) is 18.2 Å². The third kappa shape index (κ3) is 5.33. The van der Waals surface area contributed by atoms with Gasteiger partial charge in [0.2, 0.25) is 0 Å². The minimum Gasteiger partial charge on any atom is -0.487 e. The minimum atomic E-state index is -0.457. The van der Waals surface area contributed by atoms with Crippen LogP contribution in [-0.2, 0) is 6.54 Å². The van der Waals surface area contributed by atoms with E-state index in [9.17, 15) is 10.1 Å². The molecule has 152 valence electrons. The molecule has 2 N–H and O–H groups in total. The highest BCUT2D eigenvalue weighted by Crippen LogP contribution is 2.39. The van der Waals surface area contributed by atoms with E-state index in [0.29, 0.717) is 19.0 Å². The Labute approximate surface area is 180 Å². The Bertz CT molecular complexity index is 851. The third-order valence-corrected chi connectivity index (χ3v) is 4.37. The maximum atomic E-state index is 10.7. The molecule has 28 heavy (non-hydrogen) atoms. The molecule has 1 aromatic heterocycles. The molecule has 0 amide bonds. The minimum absolute atomic E-state index is 0. The molecular formula is C18H25IN6O3. The number of ether oxygens (including phenoxy) is 1. The van der Waals surface area contributed by atoms with Gasteiger partial charge in [-0.05, 0) is 19.9 Å². The largest absolute Gasteiger partial charge is 0.487 e. The second-order valence-electron chi connectivity index (χ2n) is 7.02. The van der Waals surface area contributed by atoms with Crippen LogP contribution in [0, 0.1) is 10.1 Å². The molecule has 0 spiro atoms. The fraction of sp³-hybridized carbons (Fsp3) is 0.444. The number of nitrogens with zero attached hydrogens (tertiary/aromatic N) is 4. The molecule has 1 unspecified atom stereocenters. The molecule has 3 rings (SSSR count). The summed E-state index contributed by atoms with van der Waals surface area (Å²) in [6.07, 6.45) is 3.46. The number of rotatable bonds is 5. The highest BCUT2D eigenvalue weighted by molar-refractivity contribution is 14.0. The van der Waals surface area contributed by atoms with Crippen molar-refractivity contribution in [3.8, 4) is 5.75 Å². The molecule has 2 heterocycles. The first kappa shape index (κ1) is 21.9. The Balaban J connectivity index is 0.00000280. The number of benzene rings is 1. The van der Waals surface area contributed by atoms with Gasteiger partial charge in [0.05, 0.1) is 17.5 Å². The molecule has 1 aromatic carbocycles. The number of halogens is 1. The molecule has 0 saturated heterocycles. The summed E-state index contributed by atoms with van der Waals surface area (Å²) in [6.45, 7) is 5.16. The Morgan fingerprint density at radius 2 is 2.21 bits per heavy atom. The number of fused-ring (bicyclic) bond motifs is 1. The van der Waals surface area contributed by atoms with Crippen molar-refractivity contribution in [3.05, 3.63) is 52.3 Å². The van der Waals surface area contributed by atoms with Gasteiger partial charge in [-0.25, -0.2) is 0 Å². The van der Waals surface area contributed by atoms with Gasteiger partial charge >= 0.3 is 5.69 Å². The van der Waals surface area contributed by atoms with Crippen LogP contribution < -0.4 is 15.4 Å². The fourth-order valence-corrected chi connectivity index (χ4v) is 3.15. The van der Waals surface area contributed by atoms with Crippen LogP contribution in [0.2, 0.25) is 0 Å². The number of aliphatic imine (C=N–C) groups is 1. The van der Waals surface area contributed by atoms with Gasteiger partial charge < -0.3 is 15.4 Å². The zero-order valence-electron chi connectivity index (χ0n) is 16.1. The van der Waals surface area contributed by atoms with Crippen molar-refractivity contribution >= 4 is 35.6 Å². The van der Waals surface area contributed by atoms with Gasteiger partial charge in [0.15, 0.2) is 5.96 Å². The van der Waals surface area contributed by atoms with Crippen LogP contribution in [0.3, 0.4) is 0 Å². The summed E-state index contributed by atoms with van der Waals surface area (Å²) in [4.78, 5) is 14.5. The zero-order chi connectivity index (χ0) is 19.4. The summed E-state index contributed by atoms with van der Waals surface area (Å²) < 4.78 is 7.59. The summed E-state index contributed by atoms with van der Waals surface area (Å²) in [6, 6.07) is 8.07. The molecule has 0 aliphatic carbocycles. The second-order valence-corrected chi connectivity index (χ2v) is 7.02. The molecule has 0 saturated carbocycles. The summed E-state index contributed by atoms with van der Waals surface area (Å²) in [5.41, 5.74) is 0.805. The fourth-order valence-electron chi connectivity index (χ4n) is 3.15. The van der Waals surface area contributed by atoms with E-state index < -0.39 is 4.92 Å². The first-order valence-corrected chi connectivity index (χ1v) is 8.80. The van der Waals surface area contributed by atoms with Gasteiger partial charge in [0.25, 0.3) is 0 Å². The van der Waals surface area contributed by atoms with Crippen molar-refractivity contribution in [3.63, 3.8) is 0 Å². The predicted molar refractivity (Wildman–Crippen MR) is 117 cm³/mol. The van der Waals surface area contributed by atoms with E-state index in [-0.39, 0.29) is 41.3 Å². The van der Waals surface area contributed by atoms with Crippen molar-refractivity contribution in [2.45, 2.75) is 38.5 Å². The smallest absolute Gasteiger partial charge is 0.306 e. The van der Waals surface area contributed by atoms with Crippen molar-refractivity contribution < 1.29 is 9.66 Å². The maximum Gasteiger partial charge on any atom is 0.306 e. The number of para-hydroxylation sites is 1. The molecule has 10 heteroatoms. The number of guanidine groups is 1. The topological polar surface area (TPSA) is 107 Å². The third-order valence-electron chi connectivity index (χ3n) is 4.37. The molecule has 2 aromatic rings. The Morgan fingerprint density at radius 1 is 1.46 bits per heavy atom. The lowest BCUT2D eigenvalue weighted by Crippen LogP contribution is -2.45. The lowest BCUT2D eigenvalue weighted by atomic mass is 9.90. The van der Waals surface area contributed by atoms with Crippen LogP contribution in [-0.4, -0.2) is 39.9 Å². The lowest BCUT2D eigenvalue weighted by Gasteiger charge is -2.38. The highest BCUT2D eigenvalue weighted by Gasteiger charge is 2.33. The quantitative estimate of drug-likeness (QED) is 0.215. The van der Waals surface area contributed by atoms with E-state index >= 15 is 0 Å². The maximum absolute atomic E-state index is 10.7. The standard InChI is InChI=1S/C18H24N6O3.HI/c1-18(2)10-15(14-6-4-5-7-16(14)27-18)22-17(19-3)20-8-9-23-12-13(11-21-23)24(25)26;/h4-7,11-12,15H,8-10H2,1-3H3,(H2,19,20,22);1H. The van der Waals surface area contributed by atoms with Crippen LogP contribution in [0.25, 0.3) is 0 Å². The number of nitro groups is 1. The Hall–Kier alpha value is -2.37. The Kier molecular flexibility index (Phi) is 7.22. The molecule has 0 bridgehead atoms. The van der Waals surface area contributed by atoms with Gasteiger partial charge in [0.1, 0.15) is 23.7 Å². The van der Waals surface area contributed by atoms with Crippen LogP contribution in [0.5, 0.6) is 5.75 Å². The average molecular weight is 500 g/mol. The molecule has 9 nitrogen and oxygen atoms in total. The summed E-state index contributed by atoms with van der Waals surface area (Å²) in [5.74, 6) is 1.54. The zero-order valence-corrected chi connectivity index (χ0v) is 18.4. The molecule has 1 aliphatic rings. The number of nitrogens with one attached hydrogen (secondary N) is 2. The molecule has 1 atom stereocenters. The number of hydrogen-bond donors (Lipinski definition) is 2. The first-order valence-electron chi connectivity index (χ1n) is 8.80. The lowest BCUT2D eigenvalue weighted by molar-refractivity contribution is -0.385. The molecular weight excluding hydrogens is 475 g/mol. The summed E-state index contributed by atoms with van der Waals surface area (Å²) in [5, 5.41) is 21.4. The van der Waals surface area contributed by atoms with Crippen molar-refractivity contribution in [1.29, 1.82) is 0 Å². The van der Waals surface area contributed by atoms with Crippen LogP contribution in [0.4, 0.5) is 5.69 Å². The van der Waals surface area contributed by atoms with Gasteiger partial charge in [-0.1, -0.05) is 18.2 Å². The van der Waals surface area contributed by atoms with Crippen LogP contribution in [0.1, 0.15) is 31.9 Å². The van der Waals surface area contributed by atoms with E-state index in [1.165, 1.54) is 17.1 Å². The van der Waals surface area contributed by atoms with Gasteiger partial charge in [-0.3, -0.25) is 19.8 Å². The normalized spacial score (nSPS) is 17.7. The van der Waals surface area contributed by atoms with E-state index in [2.05, 4.69) is 40.6 Å². The monoisotopic (exact) mass is 500 g/mol. The summed E-state index contributed by atoms with van der Waals surface area (Å²) in [7, 11) is 1.71. The predicted octanol–water partition coefficient (Wildman–Crippen LogP) is 2.88. The summed E-state index contributed by atoms with van der Waals surface area (Å²) >= 11 is 0. The van der Waals surface area contributed by atoms with Gasteiger partial charge in [-0.2, -0.15) is 5.10 Å². The second kappa shape index (κ2) is 9.22. The number of aromatic nitrogens is 2. The first-order chi connectivity index (χ1) is 12.9. The van der Waals surface area contributed by atoms with Crippen LogP contribution in [0.15, 0.2) is 41.7 Å². The molecule has 0 radical (unpaired) electrons. The van der Waals surface area contributed by atoms with E-state index in [4.69, 9.17) is 4.74 Å². The molecule has 1 aliphatic heterocycles. The van der Waals surface area contributed by atoms with E-state index in [1.54, 1.807) is 7.05 Å². The van der Waals surface area contributed by atoms with Gasteiger partial charge in [0, 0.05) is 25.6 Å². The van der Waals surface area contributed by atoms with Crippen LogP contribution >= 0.6 is 24.0 Å².